The van der Waals surface area contributed by atoms with Crippen molar-refractivity contribution in [2.45, 2.75) is 25.9 Å². The van der Waals surface area contributed by atoms with Crippen molar-refractivity contribution in [2.75, 3.05) is 24.5 Å². The molecule has 0 unspecified atom stereocenters. The lowest BCUT2D eigenvalue weighted by atomic mass is 10.0. The van der Waals surface area contributed by atoms with Gasteiger partial charge in [-0.3, -0.25) is 10.2 Å². The number of anilines is 1. The molecule has 6 nitrogen and oxygen atoms in total. The van der Waals surface area contributed by atoms with Gasteiger partial charge in [0.1, 0.15) is 17.7 Å². The molecule has 1 saturated heterocycles. The predicted octanol–water partition coefficient (Wildman–Crippen LogP) is 3.92. The minimum absolute atomic E-state index is 0.0145. The smallest absolute Gasteiger partial charge is 0.258 e. The van der Waals surface area contributed by atoms with E-state index in [4.69, 9.17) is 15.9 Å². The van der Waals surface area contributed by atoms with Crippen LogP contribution in [0.5, 0.6) is 5.75 Å². The Morgan fingerprint density at radius 3 is 2.32 bits per heavy atom. The molecule has 0 saturated carbocycles. The van der Waals surface area contributed by atoms with Crippen molar-refractivity contribution in [1.82, 2.24) is 5.32 Å². The predicted molar refractivity (Wildman–Crippen MR) is 125 cm³/mol. The molecule has 0 spiro atoms. The van der Waals surface area contributed by atoms with Crippen LogP contribution in [0.25, 0.3) is 10.8 Å². The van der Waals surface area contributed by atoms with Crippen molar-refractivity contribution in [3.8, 4) is 5.75 Å². The molecule has 0 atom stereocenters. The number of fused-ring (bicyclic) bond motifs is 1. The van der Waals surface area contributed by atoms with Crippen molar-refractivity contribution in [3.63, 3.8) is 0 Å². The molecule has 31 heavy (non-hydrogen) atoms. The van der Waals surface area contributed by atoms with Crippen molar-refractivity contribution < 1.29 is 9.53 Å². The number of amides is 1. The zero-order chi connectivity index (χ0) is 21.8. The summed E-state index contributed by atoms with van der Waals surface area (Å²) in [4.78, 5) is 15.0. The monoisotopic (exact) mass is 416 g/mol. The van der Waals surface area contributed by atoms with E-state index in [0.29, 0.717) is 17.7 Å². The molecule has 0 aromatic heterocycles. The minimum Gasteiger partial charge on any atom is -0.490 e. The molecule has 1 aliphatic rings. The normalized spacial score (nSPS) is 14.4. The molecule has 4 rings (SSSR count). The topological polar surface area (TPSA) is 91.4 Å². The summed E-state index contributed by atoms with van der Waals surface area (Å²) in [5.74, 6) is 0.784. The summed E-state index contributed by atoms with van der Waals surface area (Å²) in [5, 5.41) is 12.9. The molecule has 3 aromatic carbocycles. The van der Waals surface area contributed by atoms with Gasteiger partial charge >= 0.3 is 0 Å². The number of rotatable bonds is 6. The first kappa shape index (κ1) is 20.9. The van der Waals surface area contributed by atoms with Crippen LogP contribution in [0.4, 0.5) is 5.69 Å². The van der Waals surface area contributed by atoms with Crippen LogP contribution < -0.4 is 20.7 Å². The second kappa shape index (κ2) is 9.18. The van der Waals surface area contributed by atoms with Gasteiger partial charge in [-0.2, -0.15) is 0 Å². The number of nitrogens with zero attached hydrogens (tertiary/aromatic N) is 1. The zero-order valence-electron chi connectivity index (χ0n) is 17.7. The number of nitrogens with two attached hydrogens (primary N) is 1. The van der Waals surface area contributed by atoms with E-state index >= 15 is 0 Å². The quantitative estimate of drug-likeness (QED) is 0.420. The van der Waals surface area contributed by atoms with E-state index in [1.807, 2.05) is 67.6 Å². The number of hydrogen-bond donors (Lipinski definition) is 3. The van der Waals surface area contributed by atoms with Crippen LogP contribution >= 0.6 is 0 Å². The number of nitrogen functional groups attached to an aromatic ring is 1. The van der Waals surface area contributed by atoms with Gasteiger partial charge in [0.15, 0.2) is 0 Å². The summed E-state index contributed by atoms with van der Waals surface area (Å²) in [5.41, 5.74) is 7.70. The summed E-state index contributed by atoms with van der Waals surface area (Å²) in [6.45, 7) is 4.49. The first-order valence-electron chi connectivity index (χ1n) is 10.7. The van der Waals surface area contributed by atoms with Crippen LogP contribution in [-0.2, 0) is 0 Å². The Hall–Kier alpha value is -3.38. The van der Waals surface area contributed by atoms with E-state index in [1.54, 1.807) is 4.90 Å². The molecule has 1 heterocycles. The largest absolute Gasteiger partial charge is 0.490 e. The van der Waals surface area contributed by atoms with Gasteiger partial charge in [0.05, 0.1) is 0 Å². The third-order valence-electron chi connectivity index (χ3n) is 5.70. The molecule has 1 fully saturated rings. The molecular formula is C25H28N4O2. The average Bonchev–Trinajstić information content (AvgIpc) is 2.80. The van der Waals surface area contributed by atoms with Crippen LogP contribution in [0.1, 0.15) is 35.7 Å². The molecule has 0 aliphatic carbocycles. The highest BCUT2D eigenvalue weighted by molar-refractivity contribution is 6.08. The highest BCUT2D eigenvalue weighted by Gasteiger charge is 2.18. The van der Waals surface area contributed by atoms with E-state index < -0.39 is 0 Å². The van der Waals surface area contributed by atoms with Crippen LogP contribution in [0.3, 0.4) is 0 Å². The number of carbonyl (C=O) groups excluding carboxylic acids is 1. The maximum atomic E-state index is 13.3. The van der Waals surface area contributed by atoms with Gasteiger partial charge in [0.25, 0.3) is 5.91 Å². The highest BCUT2D eigenvalue weighted by atomic mass is 16.5. The van der Waals surface area contributed by atoms with E-state index in [9.17, 15) is 4.79 Å². The third-order valence-corrected chi connectivity index (χ3v) is 5.70. The van der Waals surface area contributed by atoms with Gasteiger partial charge < -0.3 is 20.7 Å². The lowest BCUT2D eigenvalue weighted by Crippen LogP contribution is -2.34. The van der Waals surface area contributed by atoms with E-state index in [0.717, 1.165) is 48.1 Å². The molecule has 4 N–H and O–H groups in total. The fraction of sp³-hybridized carbons (Fsp3) is 0.280. The number of amidine groups is 1. The van der Waals surface area contributed by atoms with Gasteiger partial charge in [-0.25, -0.2) is 0 Å². The summed E-state index contributed by atoms with van der Waals surface area (Å²) in [6, 6.07) is 19.0. The molecule has 3 aromatic rings. The lowest BCUT2D eigenvalue weighted by Gasteiger charge is -2.25. The zero-order valence-corrected chi connectivity index (χ0v) is 17.7. The molecule has 0 bridgehead atoms. The Kier molecular flexibility index (Phi) is 6.18. The number of ether oxygens (including phenoxy) is 1. The van der Waals surface area contributed by atoms with E-state index in [2.05, 4.69) is 5.32 Å². The second-order valence-electron chi connectivity index (χ2n) is 7.80. The fourth-order valence-electron chi connectivity index (χ4n) is 3.96. The van der Waals surface area contributed by atoms with Crippen molar-refractivity contribution in [3.05, 3.63) is 71.8 Å². The van der Waals surface area contributed by atoms with E-state index in [-0.39, 0.29) is 17.8 Å². The Labute approximate surface area is 182 Å². The third kappa shape index (κ3) is 4.70. The first-order valence-corrected chi connectivity index (χ1v) is 10.7. The van der Waals surface area contributed by atoms with Crippen molar-refractivity contribution in [1.29, 1.82) is 5.41 Å². The number of benzene rings is 3. The summed E-state index contributed by atoms with van der Waals surface area (Å²) < 4.78 is 6.08. The average molecular weight is 417 g/mol. The Morgan fingerprint density at radius 2 is 1.68 bits per heavy atom. The highest BCUT2D eigenvalue weighted by Crippen LogP contribution is 2.25. The minimum atomic E-state index is -0.0651. The number of hydrogen-bond acceptors (Lipinski definition) is 4. The molecule has 1 amide bonds. The second-order valence-corrected chi connectivity index (χ2v) is 7.80. The summed E-state index contributed by atoms with van der Waals surface area (Å²) in [7, 11) is 0. The first-order chi connectivity index (χ1) is 15.0. The van der Waals surface area contributed by atoms with Gasteiger partial charge in [-0.05, 0) is 86.1 Å². The van der Waals surface area contributed by atoms with Gasteiger partial charge in [-0.15, -0.1) is 0 Å². The lowest BCUT2D eigenvalue weighted by molar-refractivity contribution is 0.0988. The molecule has 0 radical (unpaired) electrons. The molecule has 160 valence electrons. The van der Waals surface area contributed by atoms with Crippen molar-refractivity contribution in [2.24, 2.45) is 5.73 Å². The molecular weight excluding hydrogens is 388 g/mol. The summed E-state index contributed by atoms with van der Waals surface area (Å²) >= 11 is 0. The fourth-order valence-corrected chi connectivity index (χ4v) is 3.96. The van der Waals surface area contributed by atoms with Crippen LogP contribution in [0.15, 0.2) is 60.7 Å². The molecule has 1 aliphatic heterocycles. The van der Waals surface area contributed by atoms with Gasteiger partial charge in [-0.1, -0.05) is 18.2 Å². The number of piperidine rings is 1. The van der Waals surface area contributed by atoms with Crippen LogP contribution in [-0.4, -0.2) is 37.5 Å². The van der Waals surface area contributed by atoms with Crippen LogP contribution in [0, 0.1) is 5.41 Å². The van der Waals surface area contributed by atoms with Crippen LogP contribution in [0.2, 0.25) is 0 Å². The number of nitrogens with one attached hydrogen (secondary N) is 2. The SMILES string of the molecule is CCN(C(=O)c1ccc2ccc(C(=N)N)cc2c1)c1ccc(OC2CCNCC2)cc1. The standard InChI is InChI=1S/C25H28N4O2/c1-2-29(21-7-9-22(10-8-21)31-23-11-13-28-14-12-23)25(30)19-6-4-17-3-5-18(24(26)27)15-20(17)16-19/h3-10,15-16,23,28H,2,11-14H2,1H3,(H3,26,27). The summed E-state index contributed by atoms with van der Waals surface area (Å²) in [6.07, 6.45) is 2.26. The van der Waals surface area contributed by atoms with E-state index in [1.165, 1.54) is 0 Å². The van der Waals surface area contributed by atoms with Gasteiger partial charge in [0, 0.05) is 23.4 Å². The maximum Gasteiger partial charge on any atom is 0.258 e. The maximum absolute atomic E-state index is 13.3. The Morgan fingerprint density at radius 1 is 1.03 bits per heavy atom. The van der Waals surface area contributed by atoms with Gasteiger partial charge in [0.2, 0.25) is 0 Å². The molecule has 6 heteroatoms. The Bertz CT molecular complexity index is 1090. The number of carbonyl (C=O) groups is 1. The van der Waals surface area contributed by atoms with Crippen molar-refractivity contribution >= 4 is 28.2 Å². The Balaban J connectivity index is 1.54.